The van der Waals surface area contributed by atoms with Gasteiger partial charge < -0.3 is 0 Å². The standard InChI is InChI=1S/C7H12N2/c1-4-5-8-6-9-7(2)3/h4-7H,1H2,2-3H3/b8-5-,9-6-. The number of hydrogen-bond acceptors (Lipinski definition) is 1. The van der Waals surface area contributed by atoms with E-state index < -0.39 is 0 Å². The van der Waals surface area contributed by atoms with Gasteiger partial charge in [-0.2, -0.15) is 0 Å². The first-order valence-electron chi connectivity index (χ1n) is 2.93. The van der Waals surface area contributed by atoms with Crippen LogP contribution in [0.2, 0.25) is 0 Å². The maximum atomic E-state index is 3.99. The van der Waals surface area contributed by atoms with E-state index in [4.69, 9.17) is 0 Å². The van der Waals surface area contributed by atoms with Crippen LogP contribution in [0.4, 0.5) is 0 Å². The summed E-state index contributed by atoms with van der Waals surface area (Å²) >= 11 is 0. The van der Waals surface area contributed by atoms with Crippen molar-refractivity contribution in [2.45, 2.75) is 19.9 Å². The molecule has 0 fully saturated rings. The predicted octanol–water partition coefficient (Wildman–Crippen LogP) is 1.68. The average Bonchev–Trinajstić information content (AvgIpc) is 1.80. The number of rotatable bonds is 3. The molecule has 0 heterocycles. The van der Waals surface area contributed by atoms with E-state index in [2.05, 4.69) is 16.6 Å². The predicted molar refractivity (Wildman–Crippen MR) is 42.3 cm³/mol. The second kappa shape index (κ2) is 5.22. The Morgan fingerprint density at radius 1 is 1.44 bits per heavy atom. The lowest BCUT2D eigenvalue weighted by Gasteiger charge is -1.88. The molecule has 0 aliphatic rings. The van der Waals surface area contributed by atoms with E-state index in [0.29, 0.717) is 6.04 Å². The van der Waals surface area contributed by atoms with E-state index in [1.807, 2.05) is 13.8 Å². The number of nitrogens with zero attached hydrogens (tertiary/aromatic N) is 2. The molecule has 0 amide bonds. The Kier molecular flexibility index (Phi) is 4.69. The highest BCUT2D eigenvalue weighted by Gasteiger charge is 1.78. The third-order valence-corrected chi connectivity index (χ3v) is 0.623. The van der Waals surface area contributed by atoms with E-state index in [0.717, 1.165) is 0 Å². The summed E-state index contributed by atoms with van der Waals surface area (Å²) in [5.74, 6) is 0. The Morgan fingerprint density at radius 2 is 2.11 bits per heavy atom. The normalized spacial score (nSPS) is 11.9. The third kappa shape index (κ3) is 7.08. The minimum absolute atomic E-state index is 0.326. The summed E-state index contributed by atoms with van der Waals surface area (Å²) in [6.07, 6.45) is 4.75. The summed E-state index contributed by atoms with van der Waals surface area (Å²) in [5.41, 5.74) is 0. The number of aliphatic imine (C=N–C) groups is 2. The maximum absolute atomic E-state index is 3.99. The molecule has 50 valence electrons. The van der Waals surface area contributed by atoms with Gasteiger partial charge in [-0.05, 0) is 13.8 Å². The molecule has 2 heteroatoms. The first-order valence-corrected chi connectivity index (χ1v) is 2.93. The summed E-state index contributed by atoms with van der Waals surface area (Å²) < 4.78 is 0. The average molecular weight is 124 g/mol. The van der Waals surface area contributed by atoms with Crippen LogP contribution in [-0.2, 0) is 0 Å². The van der Waals surface area contributed by atoms with Crippen LogP contribution in [0.15, 0.2) is 22.6 Å². The van der Waals surface area contributed by atoms with E-state index in [1.165, 1.54) is 6.34 Å². The monoisotopic (exact) mass is 124 g/mol. The fourth-order valence-electron chi connectivity index (χ4n) is 0.271. The highest BCUT2D eigenvalue weighted by Crippen LogP contribution is 1.81. The first-order chi connectivity index (χ1) is 4.27. The minimum atomic E-state index is 0.326. The van der Waals surface area contributed by atoms with Crippen LogP contribution in [0.1, 0.15) is 13.8 Å². The topological polar surface area (TPSA) is 24.7 Å². The molecule has 0 saturated heterocycles. The van der Waals surface area contributed by atoms with Crippen molar-refractivity contribution in [3.8, 4) is 0 Å². The van der Waals surface area contributed by atoms with Gasteiger partial charge in [-0.15, -0.1) is 0 Å². The van der Waals surface area contributed by atoms with Gasteiger partial charge in [-0.1, -0.05) is 12.7 Å². The number of allylic oxidation sites excluding steroid dienone is 1. The summed E-state index contributed by atoms with van der Waals surface area (Å²) in [6.45, 7) is 7.47. The SMILES string of the molecule is C=C/C=N\C=N/C(C)C. The summed E-state index contributed by atoms with van der Waals surface area (Å²) in [4.78, 5) is 7.79. The molecule has 0 aromatic heterocycles. The Balaban J connectivity index is 3.46. The van der Waals surface area contributed by atoms with Crippen LogP contribution < -0.4 is 0 Å². The van der Waals surface area contributed by atoms with Crippen molar-refractivity contribution in [3.05, 3.63) is 12.7 Å². The van der Waals surface area contributed by atoms with Crippen LogP contribution in [0.25, 0.3) is 0 Å². The molecule has 0 rings (SSSR count). The molecule has 0 unspecified atom stereocenters. The van der Waals surface area contributed by atoms with Crippen LogP contribution in [0, 0.1) is 0 Å². The van der Waals surface area contributed by atoms with E-state index >= 15 is 0 Å². The zero-order valence-corrected chi connectivity index (χ0v) is 5.91. The van der Waals surface area contributed by atoms with Crippen molar-refractivity contribution in [1.29, 1.82) is 0 Å². The van der Waals surface area contributed by atoms with Gasteiger partial charge >= 0.3 is 0 Å². The van der Waals surface area contributed by atoms with Crippen LogP contribution in [0.3, 0.4) is 0 Å². The third-order valence-electron chi connectivity index (χ3n) is 0.623. The van der Waals surface area contributed by atoms with Crippen LogP contribution >= 0.6 is 0 Å². The van der Waals surface area contributed by atoms with Gasteiger partial charge in [0.05, 0.1) is 0 Å². The summed E-state index contributed by atoms with van der Waals surface area (Å²) in [5, 5.41) is 0. The largest absolute Gasteiger partial charge is 0.271 e. The Bertz CT molecular complexity index is 123. The van der Waals surface area contributed by atoms with Crippen molar-refractivity contribution < 1.29 is 0 Å². The maximum Gasteiger partial charge on any atom is 0.110 e. The molecule has 0 aromatic rings. The fourth-order valence-corrected chi connectivity index (χ4v) is 0.271. The first kappa shape index (κ1) is 8.08. The molecule has 0 radical (unpaired) electrons. The van der Waals surface area contributed by atoms with Crippen molar-refractivity contribution in [2.24, 2.45) is 9.98 Å². The Labute approximate surface area is 56.0 Å². The van der Waals surface area contributed by atoms with E-state index in [-0.39, 0.29) is 0 Å². The van der Waals surface area contributed by atoms with Gasteiger partial charge in [-0.3, -0.25) is 4.99 Å². The van der Waals surface area contributed by atoms with Gasteiger partial charge in [0.2, 0.25) is 0 Å². The molecule has 0 aliphatic carbocycles. The molecule has 0 N–H and O–H groups in total. The van der Waals surface area contributed by atoms with Gasteiger partial charge in [-0.25, -0.2) is 4.99 Å². The van der Waals surface area contributed by atoms with E-state index in [1.54, 1.807) is 12.3 Å². The minimum Gasteiger partial charge on any atom is -0.271 e. The van der Waals surface area contributed by atoms with Gasteiger partial charge in [0.1, 0.15) is 6.34 Å². The fraction of sp³-hybridized carbons (Fsp3) is 0.429. The van der Waals surface area contributed by atoms with Crippen molar-refractivity contribution >= 4 is 12.6 Å². The zero-order chi connectivity index (χ0) is 7.11. The van der Waals surface area contributed by atoms with E-state index in [9.17, 15) is 0 Å². The molecule has 2 nitrogen and oxygen atoms in total. The second-order valence-electron chi connectivity index (χ2n) is 1.89. The summed E-state index contributed by atoms with van der Waals surface area (Å²) in [7, 11) is 0. The van der Waals surface area contributed by atoms with Crippen molar-refractivity contribution in [3.63, 3.8) is 0 Å². The lowest BCUT2D eigenvalue weighted by Crippen LogP contribution is -1.86. The lowest BCUT2D eigenvalue weighted by atomic mass is 10.4. The molecule has 0 bridgehead atoms. The quantitative estimate of drug-likeness (QED) is 0.404. The molecular formula is C7H12N2. The lowest BCUT2D eigenvalue weighted by molar-refractivity contribution is 0.839. The van der Waals surface area contributed by atoms with Gasteiger partial charge in [0.25, 0.3) is 0 Å². The molecule has 0 aromatic carbocycles. The molecule has 0 aliphatic heterocycles. The molecule has 9 heavy (non-hydrogen) atoms. The highest BCUT2D eigenvalue weighted by molar-refractivity contribution is 5.79. The van der Waals surface area contributed by atoms with Crippen LogP contribution in [-0.4, -0.2) is 18.6 Å². The molecule has 0 atom stereocenters. The highest BCUT2D eigenvalue weighted by atomic mass is 14.9. The second-order valence-corrected chi connectivity index (χ2v) is 1.89. The molecule has 0 saturated carbocycles. The van der Waals surface area contributed by atoms with Gasteiger partial charge in [0.15, 0.2) is 0 Å². The summed E-state index contributed by atoms with van der Waals surface area (Å²) in [6, 6.07) is 0.326. The zero-order valence-electron chi connectivity index (χ0n) is 5.91. The number of hydrogen-bond donors (Lipinski definition) is 0. The molecular weight excluding hydrogens is 112 g/mol. The van der Waals surface area contributed by atoms with Crippen LogP contribution in [0.5, 0.6) is 0 Å². The van der Waals surface area contributed by atoms with Crippen molar-refractivity contribution in [2.75, 3.05) is 0 Å². The smallest absolute Gasteiger partial charge is 0.110 e. The van der Waals surface area contributed by atoms with Crippen molar-refractivity contribution in [1.82, 2.24) is 0 Å². The Hall–Kier alpha value is -0.920. The van der Waals surface area contributed by atoms with Gasteiger partial charge in [0, 0.05) is 12.3 Å². The Morgan fingerprint density at radius 3 is 2.56 bits per heavy atom. The molecule has 0 spiro atoms.